The highest BCUT2D eigenvalue weighted by atomic mass is 32.2. The monoisotopic (exact) mass is 401 g/mol. The lowest BCUT2D eigenvalue weighted by Gasteiger charge is -2.31. The van der Waals surface area contributed by atoms with E-state index >= 15 is 0 Å². The molecule has 1 aliphatic rings. The number of furan rings is 1. The molecule has 3 amide bonds. The molecular weight excluding hydrogens is 378 g/mol. The van der Waals surface area contributed by atoms with E-state index in [1.54, 1.807) is 31.1 Å². The quantitative estimate of drug-likeness (QED) is 0.793. The average molecular weight is 401 g/mol. The molecule has 0 spiro atoms. The van der Waals surface area contributed by atoms with Gasteiger partial charge in [0.15, 0.2) is 0 Å². The third-order valence-corrected chi connectivity index (χ3v) is 5.74. The molecule has 28 heavy (non-hydrogen) atoms. The van der Waals surface area contributed by atoms with E-state index in [9.17, 15) is 14.4 Å². The smallest absolute Gasteiger partial charge is 0.286 e. The fourth-order valence-electron chi connectivity index (χ4n) is 2.99. The molecule has 0 radical (unpaired) electrons. The Bertz CT molecular complexity index is 843. The van der Waals surface area contributed by atoms with Crippen LogP contribution in [0.2, 0.25) is 0 Å². The number of anilines is 1. The van der Waals surface area contributed by atoms with Gasteiger partial charge >= 0.3 is 0 Å². The largest absolute Gasteiger partial charge is 0.472 e. The van der Waals surface area contributed by atoms with Crippen molar-refractivity contribution in [3.8, 4) is 0 Å². The summed E-state index contributed by atoms with van der Waals surface area (Å²) >= 11 is 1.08. The van der Waals surface area contributed by atoms with Crippen LogP contribution in [-0.4, -0.2) is 54.0 Å². The van der Waals surface area contributed by atoms with Crippen molar-refractivity contribution in [2.45, 2.75) is 17.7 Å². The Balaban J connectivity index is 1.58. The summed E-state index contributed by atoms with van der Waals surface area (Å²) in [5.74, 6) is -0.326. The van der Waals surface area contributed by atoms with Crippen molar-refractivity contribution in [1.82, 2.24) is 9.80 Å². The van der Waals surface area contributed by atoms with Crippen molar-refractivity contribution >= 4 is 34.5 Å². The lowest BCUT2D eigenvalue weighted by Crippen LogP contribution is -2.41. The van der Waals surface area contributed by atoms with Gasteiger partial charge in [0.05, 0.1) is 17.5 Å². The van der Waals surface area contributed by atoms with Crippen LogP contribution in [0.5, 0.6) is 0 Å². The van der Waals surface area contributed by atoms with E-state index in [1.165, 1.54) is 17.4 Å². The van der Waals surface area contributed by atoms with Crippen molar-refractivity contribution in [2.75, 3.05) is 32.5 Å². The summed E-state index contributed by atoms with van der Waals surface area (Å²) in [6.45, 7) is 1.05. The molecule has 2 aromatic rings. The summed E-state index contributed by atoms with van der Waals surface area (Å²) in [6, 6.07) is 8.91. The minimum atomic E-state index is -0.170. The van der Waals surface area contributed by atoms with Gasteiger partial charge in [-0.3, -0.25) is 14.4 Å². The number of hydrogen-bond donors (Lipinski definition) is 1. The maximum Gasteiger partial charge on any atom is 0.286 e. The highest BCUT2D eigenvalue weighted by Crippen LogP contribution is 2.30. The Labute approximate surface area is 168 Å². The number of amides is 3. The van der Waals surface area contributed by atoms with Crippen molar-refractivity contribution in [3.63, 3.8) is 0 Å². The van der Waals surface area contributed by atoms with Gasteiger partial charge in [0.2, 0.25) is 5.91 Å². The zero-order chi connectivity index (χ0) is 20.1. The van der Waals surface area contributed by atoms with E-state index < -0.39 is 0 Å². The van der Waals surface area contributed by atoms with Gasteiger partial charge in [0.1, 0.15) is 6.26 Å². The normalized spacial score (nSPS) is 14.6. The summed E-state index contributed by atoms with van der Waals surface area (Å²) in [4.78, 5) is 41.0. The molecule has 1 saturated heterocycles. The number of benzene rings is 1. The van der Waals surface area contributed by atoms with Crippen molar-refractivity contribution < 1.29 is 18.8 Å². The molecule has 3 rings (SSSR count). The van der Waals surface area contributed by atoms with Gasteiger partial charge in [-0.2, -0.15) is 0 Å². The van der Waals surface area contributed by atoms with Crippen molar-refractivity contribution in [3.05, 3.63) is 48.4 Å². The Hall–Kier alpha value is -2.74. The lowest BCUT2D eigenvalue weighted by molar-refractivity contribution is -0.121. The molecule has 1 aromatic heterocycles. The predicted molar refractivity (Wildman–Crippen MR) is 107 cm³/mol. The fourth-order valence-corrected chi connectivity index (χ4v) is 3.74. The van der Waals surface area contributed by atoms with E-state index in [1.807, 2.05) is 18.2 Å². The van der Waals surface area contributed by atoms with Crippen LogP contribution in [0.25, 0.3) is 0 Å². The lowest BCUT2D eigenvalue weighted by atomic mass is 9.95. The first-order valence-electron chi connectivity index (χ1n) is 9.06. The van der Waals surface area contributed by atoms with Gasteiger partial charge in [-0.1, -0.05) is 12.1 Å². The molecule has 1 aromatic carbocycles. The molecule has 2 heterocycles. The van der Waals surface area contributed by atoms with Crippen LogP contribution in [0.3, 0.4) is 0 Å². The number of likely N-dealkylation sites (tertiary alicyclic amines) is 1. The van der Waals surface area contributed by atoms with E-state index in [2.05, 4.69) is 5.32 Å². The second-order valence-electron chi connectivity index (χ2n) is 6.83. The van der Waals surface area contributed by atoms with Gasteiger partial charge in [0, 0.05) is 38.0 Å². The van der Waals surface area contributed by atoms with Crippen LogP contribution in [0.15, 0.2) is 52.2 Å². The van der Waals surface area contributed by atoms with Gasteiger partial charge in [-0.25, -0.2) is 0 Å². The second-order valence-corrected chi connectivity index (χ2v) is 7.82. The molecule has 0 saturated carbocycles. The zero-order valence-corrected chi connectivity index (χ0v) is 16.7. The van der Waals surface area contributed by atoms with Crippen LogP contribution in [0.4, 0.5) is 10.5 Å². The standard InChI is InChI=1S/C20H23N3O4S/c1-22(2)20(26)28-17-6-4-3-5-16(17)21-18(24)14-7-10-23(11-8-14)19(25)15-9-12-27-13-15/h3-6,9,12-14H,7-8,10-11H2,1-2H3,(H,21,24). The van der Waals surface area contributed by atoms with Gasteiger partial charge in [-0.15, -0.1) is 0 Å². The molecular formula is C20H23N3O4S. The summed E-state index contributed by atoms with van der Waals surface area (Å²) < 4.78 is 4.96. The topological polar surface area (TPSA) is 82.9 Å². The summed E-state index contributed by atoms with van der Waals surface area (Å²) in [6.07, 6.45) is 4.11. The van der Waals surface area contributed by atoms with E-state index in [-0.39, 0.29) is 23.0 Å². The van der Waals surface area contributed by atoms with Crippen LogP contribution >= 0.6 is 11.8 Å². The van der Waals surface area contributed by atoms with Gasteiger partial charge in [0.25, 0.3) is 11.1 Å². The number of carbonyl (C=O) groups is 3. The van der Waals surface area contributed by atoms with E-state index in [0.29, 0.717) is 42.1 Å². The number of nitrogens with one attached hydrogen (secondary N) is 1. The Kier molecular flexibility index (Phi) is 6.41. The van der Waals surface area contributed by atoms with Gasteiger partial charge in [-0.05, 0) is 42.8 Å². The van der Waals surface area contributed by atoms with Crippen molar-refractivity contribution in [1.29, 1.82) is 0 Å². The minimum absolute atomic E-state index is 0.0726. The highest BCUT2D eigenvalue weighted by molar-refractivity contribution is 8.13. The second kappa shape index (κ2) is 8.97. The number of para-hydroxylation sites is 1. The van der Waals surface area contributed by atoms with Crippen LogP contribution < -0.4 is 5.32 Å². The van der Waals surface area contributed by atoms with E-state index in [0.717, 1.165) is 11.8 Å². The number of thioether (sulfide) groups is 1. The van der Waals surface area contributed by atoms with Gasteiger partial charge < -0.3 is 19.5 Å². The Morgan fingerprint density at radius 1 is 1.14 bits per heavy atom. The molecule has 1 aliphatic heterocycles. The zero-order valence-electron chi connectivity index (χ0n) is 15.9. The maximum atomic E-state index is 12.7. The molecule has 148 valence electrons. The predicted octanol–water partition coefficient (Wildman–Crippen LogP) is 3.54. The third kappa shape index (κ3) is 4.75. The first-order chi connectivity index (χ1) is 13.5. The molecule has 7 nitrogen and oxygen atoms in total. The molecule has 0 aliphatic carbocycles. The molecule has 0 unspecified atom stereocenters. The van der Waals surface area contributed by atoms with E-state index in [4.69, 9.17) is 4.42 Å². The van der Waals surface area contributed by atoms with Crippen LogP contribution in [0.1, 0.15) is 23.2 Å². The molecule has 1 fully saturated rings. The first kappa shape index (κ1) is 20.0. The molecule has 8 heteroatoms. The molecule has 1 N–H and O–H groups in total. The van der Waals surface area contributed by atoms with Crippen LogP contribution in [0, 0.1) is 5.92 Å². The Morgan fingerprint density at radius 2 is 1.86 bits per heavy atom. The fraction of sp³-hybridized carbons (Fsp3) is 0.350. The number of hydrogen-bond acceptors (Lipinski definition) is 5. The molecule has 0 atom stereocenters. The van der Waals surface area contributed by atoms with Crippen molar-refractivity contribution in [2.24, 2.45) is 5.92 Å². The summed E-state index contributed by atoms with van der Waals surface area (Å²) in [7, 11) is 3.38. The highest BCUT2D eigenvalue weighted by Gasteiger charge is 2.28. The SMILES string of the molecule is CN(C)C(=O)Sc1ccccc1NC(=O)C1CCN(C(=O)c2ccoc2)CC1. The number of piperidine rings is 1. The van der Waals surface area contributed by atoms with Crippen LogP contribution in [-0.2, 0) is 4.79 Å². The number of carbonyl (C=O) groups excluding carboxylic acids is 3. The number of rotatable bonds is 4. The minimum Gasteiger partial charge on any atom is -0.472 e. The summed E-state index contributed by atoms with van der Waals surface area (Å²) in [5, 5.41) is 2.84. The first-order valence-corrected chi connectivity index (χ1v) is 9.88. The summed E-state index contributed by atoms with van der Waals surface area (Å²) in [5.41, 5.74) is 1.16. The number of nitrogens with zero attached hydrogens (tertiary/aromatic N) is 2. The maximum absolute atomic E-state index is 12.7. The average Bonchev–Trinajstić information content (AvgIpc) is 3.23. The Morgan fingerprint density at radius 3 is 2.50 bits per heavy atom. The third-order valence-electron chi connectivity index (χ3n) is 4.63. The molecule has 0 bridgehead atoms.